The fourth-order valence-corrected chi connectivity index (χ4v) is 8.68. The Morgan fingerprint density at radius 2 is 1.18 bits per heavy atom. The Labute approximate surface area is 299 Å². The number of ether oxygens (including phenoxy) is 1. The molecule has 1 aliphatic heterocycles. The number of rotatable bonds is 13. The van der Waals surface area contributed by atoms with Crippen LogP contribution in [-0.2, 0) is 19.9 Å². The molecule has 6 rings (SSSR count). The van der Waals surface area contributed by atoms with Crippen molar-refractivity contribution in [2.75, 3.05) is 5.75 Å². The number of benzene rings is 5. The molecule has 1 saturated heterocycles. The van der Waals surface area contributed by atoms with E-state index in [-0.39, 0.29) is 12.3 Å². The molecule has 5 nitrogen and oxygen atoms in total. The van der Waals surface area contributed by atoms with Crippen molar-refractivity contribution >= 4 is 23.8 Å². The van der Waals surface area contributed by atoms with Gasteiger partial charge in [-0.05, 0) is 34.8 Å². The Morgan fingerprint density at radius 1 is 0.760 bits per heavy atom. The van der Waals surface area contributed by atoms with Gasteiger partial charge < -0.3 is 9.84 Å². The van der Waals surface area contributed by atoms with Gasteiger partial charge in [0.1, 0.15) is 0 Å². The van der Waals surface area contributed by atoms with Gasteiger partial charge >= 0.3 is 6.09 Å². The first-order chi connectivity index (χ1) is 24.4. The highest BCUT2D eigenvalue weighted by molar-refractivity contribution is 8.00. The Balaban J connectivity index is 1.18. The minimum Gasteiger partial charge on any atom is -0.430 e. The highest BCUT2D eigenvalue weighted by Gasteiger charge is 2.59. The average molecular weight is 682 g/mol. The minimum absolute atomic E-state index is 0.130. The van der Waals surface area contributed by atoms with Gasteiger partial charge in [0.05, 0.1) is 23.3 Å². The number of thioether (sulfide) groups is 1. The number of cyclic esters (lactones) is 1. The van der Waals surface area contributed by atoms with Crippen LogP contribution in [0.4, 0.5) is 4.79 Å². The standard InChI is InChI=1S/C44H43NO4S/c1-33(2)41-43(34-20-8-3-9-21-34,35-22-10-4-11-23-35)49-42(48)45(41)40(47)32-39(46)30-18-19-31-50-44(36-24-12-5-13-25-36,37-26-14-6-15-27-37)38-28-16-7-17-29-38/h3-18,20-30,33,39,41,46H,19,31-32H2,1-2H3/b30-18+/t39-,41+/m0/s1. The zero-order valence-corrected chi connectivity index (χ0v) is 29.3. The predicted molar refractivity (Wildman–Crippen MR) is 202 cm³/mol. The van der Waals surface area contributed by atoms with E-state index < -0.39 is 34.5 Å². The smallest absolute Gasteiger partial charge is 0.418 e. The van der Waals surface area contributed by atoms with Crippen molar-refractivity contribution in [2.24, 2.45) is 5.92 Å². The molecule has 0 spiro atoms. The lowest BCUT2D eigenvalue weighted by Crippen LogP contribution is -2.50. The van der Waals surface area contributed by atoms with Crippen LogP contribution in [0.25, 0.3) is 0 Å². The van der Waals surface area contributed by atoms with E-state index in [9.17, 15) is 14.7 Å². The lowest BCUT2D eigenvalue weighted by Gasteiger charge is -2.37. The zero-order chi connectivity index (χ0) is 35.0. The summed E-state index contributed by atoms with van der Waals surface area (Å²) in [4.78, 5) is 28.7. The maximum Gasteiger partial charge on any atom is 0.418 e. The molecule has 2 atom stereocenters. The highest BCUT2D eigenvalue weighted by Crippen LogP contribution is 2.49. The molecule has 0 saturated carbocycles. The van der Waals surface area contributed by atoms with Crippen LogP contribution < -0.4 is 0 Å². The van der Waals surface area contributed by atoms with Crippen molar-refractivity contribution in [2.45, 2.75) is 49.2 Å². The maximum absolute atomic E-state index is 13.8. The van der Waals surface area contributed by atoms with Gasteiger partial charge in [0.15, 0.2) is 5.60 Å². The fraction of sp³-hybridized carbons (Fsp3) is 0.227. The third kappa shape index (κ3) is 6.91. The van der Waals surface area contributed by atoms with Crippen molar-refractivity contribution in [3.05, 3.63) is 192 Å². The van der Waals surface area contributed by atoms with Crippen LogP contribution in [0.5, 0.6) is 0 Å². The molecule has 5 aromatic carbocycles. The number of amides is 2. The number of hydrogen-bond acceptors (Lipinski definition) is 5. The first-order valence-corrected chi connectivity index (χ1v) is 18.2. The van der Waals surface area contributed by atoms with E-state index in [4.69, 9.17) is 4.74 Å². The molecular weight excluding hydrogens is 639 g/mol. The van der Waals surface area contributed by atoms with Crippen molar-refractivity contribution in [1.82, 2.24) is 4.90 Å². The Hall–Kier alpha value is -4.91. The summed E-state index contributed by atoms with van der Waals surface area (Å²) in [6.45, 7) is 3.98. The number of carbonyl (C=O) groups excluding carboxylic acids is 2. The van der Waals surface area contributed by atoms with E-state index in [0.717, 1.165) is 16.9 Å². The van der Waals surface area contributed by atoms with Gasteiger partial charge in [0.2, 0.25) is 5.91 Å². The molecule has 0 aliphatic carbocycles. The maximum atomic E-state index is 13.8. The molecule has 1 heterocycles. The summed E-state index contributed by atoms with van der Waals surface area (Å²) >= 11 is 1.84. The van der Waals surface area contributed by atoms with Crippen molar-refractivity contribution < 1.29 is 19.4 Å². The number of allylic oxidation sites excluding steroid dienone is 1. The monoisotopic (exact) mass is 681 g/mol. The van der Waals surface area contributed by atoms with Crippen LogP contribution >= 0.6 is 11.8 Å². The van der Waals surface area contributed by atoms with Gasteiger partial charge in [0, 0.05) is 11.1 Å². The first kappa shape index (κ1) is 34.9. The quantitative estimate of drug-likeness (QED) is 0.0762. The predicted octanol–water partition coefficient (Wildman–Crippen LogP) is 9.36. The first-order valence-electron chi connectivity index (χ1n) is 17.2. The Bertz CT molecular complexity index is 1730. The van der Waals surface area contributed by atoms with Gasteiger partial charge in [-0.15, -0.1) is 11.8 Å². The molecule has 5 aromatic rings. The van der Waals surface area contributed by atoms with Crippen LogP contribution in [-0.4, -0.2) is 39.9 Å². The van der Waals surface area contributed by atoms with Crippen LogP contribution in [0, 0.1) is 5.92 Å². The Kier molecular flexibility index (Phi) is 11.0. The number of aliphatic hydroxyl groups excluding tert-OH is 1. The van der Waals surface area contributed by atoms with E-state index >= 15 is 0 Å². The molecule has 0 unspecified atom stereocenters. The van der Waals surface area contributed by atoms with Gasteiger partial charge in [-0.1, -0.05) is 178 Å². The van der Waals surface area contributed by atoms with E-state index in [1.54, 1.807) is 6.08 Å². The molecule has 1 N–H and O–H groups in total. The Morgan fingerprint density at radius 3 is 1.60 bits per heavy atom. The van der Waals surface area contributed by atoms with Gasteiger partial charge in [0.25, 0.3) is 0 Å². The van der Waals surface area contributed by atoms with Crippen LogP contribution in [0.3, 0.4) is 0 Å². The van der Waals surface area contributed by atoms with E-state index in [2.05, 4.69) is 72.8 Å². The lowest BCUT2D eigenvalue weighted by atomic mass is 9.75. The molecule has 1 fully saturated rings. The van der Waals surface area contributed by atoms with E-state index in [1.807, 2.05) is 111 Å². The summed E-state index contributed by atoms with van der Waals surface area (Å²) in [6, 6.07) is 50.2. The molecule has 1 aliphatic rings. The summed E-state index contributed by atoms with van der Waals surface area (Å²) in [7, 11) is 0. The molecule has 0 radical (unpaired) electrons. The topological polar surface area (TPSA) is 66.8 Å². The lowest BCUT2D eigenvalue weighted by molar-refractivity contribution is -0.131. The van der Waals surface area contributed by atoms with E-state index in [1.165, 1.54) is 21.6 Å². The van der Waals surface area contributed by atoms with Gasteiger partial charge in [-0.3, -0.25) is 4.79 Å². The third-order valence-electron chi connectivity index (χ3n) is 9.33. The largest absolute Gasteiger partial charge is 0.430 e. The summed E-state index contributed by atoms with van der Waals surface area (Å²) in [5.74, 6) is 0.167. The van der Waals surface area contributed by atoms with Crippen molar-refractivity contribution in [1.29, 1.82) is 0 Å². The molecule has 6 heteroatoms. The van der Waals surface area contributed by atoms with Crippen molar-refractivity contribution in [3.8, 4) is 0 Å². The van der Waals surface area contributed by atoms with E-state index in [0.29, 0.717) is 6.42 Å². The van der Waals surface area contributed by atoms with Crippen molar-refractivity contribution in [3.63, 3.8) is 0 Å². The number of nitrogens with zero attached hydrogens (tertiary/aromatic N) is 1. The second-order valence-corrected chi connectivity index (χ2v) is 14.2. The molecule has 254 valence electrons. The second-order valence-electron chi connectivity index (χ2n) is 12.9. The minimum atomic E-state index is -1.18. The van der Waals surface area contributed by atoms with Crippen LogP contribution in [0.2, 0.25) is 0 Å². The number of carbonyl (C=O) groups is 2. The average Bonchev–Trinajstić information content (AvgIpc) is 3.49. The number of hydrogen-bond donors (Lipinski definition) is 1. The number of imide groups is 1. The van der Waals surface area contributed by atoms with Gasteiger partial charge in [-0.2, -0.15) is 0 Å². The SMILES string of the molecule is CC(C)[C@H]1N(C(=O)C[C@@H](O)/C=C/CCSC(c2ccccc2)(c2ccccc2)c2ccccc2)C(=O)OC1(c1ccccc1)c1ccccc1. The molecule has 2 amide bonds. The normalized spacial score (nSPS) is 16.4. The van der Waals surface area contributed by atoms with Gasteiger partial charge in [-0.25, -0.2) is 9.69 Å². The summed E-state index contributed by atoms with van der Waals surface area (Å²) in [6.07, 6.45) is 2.28. The molecule has 50 heavy (non-hydrogen) atoms. The highest BCUT2D eigenvalue weighted by atomic mass is 32.2. The molecule has 0 aromatic heterocycles. The fourth-order valence-electron chi connectivity index (χ4n) is 7.21. The summed E-state index contributed by atoms with van der Waals surface area (Å²) < 4.78 is 5.80. The van der Waals surface area contributed by atoms with Crippen LogP contribution in [0.15, 0.2) is 164 Å². The third-order valence-corrected chi connectivity index (χ3v) is 10.9. The zero-order valence-electron chi connectivity index (χ0n) is 28.5. The number of aliphatic hydroxyl groups is 1. The second kappa shape index (κ2) is 15.8. The summed E-state index contributed by atoms with van der Waals surface area (Å²) in [5.41, 5.74) is 3.99. The summed E-state index contributed by atoms with van der Waals surface area (Å²) in [5, 5.41) is 11.1. The van der Waals surface area contributed by atoms with Crippen LogP contribution in [0.1, 0.15) is 54.5 Å². The molecule has 0 bridgehead atoms. The molecular formula is C44H43NO4S.